The number of aromatic carboxylic acids is 2. The van der Waals surface area contributed by atoms with E-state index < -0.39 is 44.4 Å². The van der Waals surface area contributed by atoms with Gasteiger partial charge in [0.2, 0.25) is 0 Å². The maximum Gasteiger partial charge on any atom is 0.339 e. The first kappa shape index (κ1) is 25.7. The quantitative estimate of drug-likeness (QED) is 0.385. The van der Waals surface area contributed by atoms with Gasteiger partial charge in [-0.1, -0.05) is 0 Å². The highest BCUT2D eigenvalue weighted by Gasteiger charge is 2.15. The Bertz CT molecular complexity index is 903. The van der Waals surface area contributed by atoms with Crippen molar-refractivity contribution >= 4 is 23.3 Å². The molecule has 1 fully saturated rings. The van der Waals surface area contributed by atoms with Gasteiger partial charge in [0.15, 0.2) is 0 Å². The van der Waals surface area contributed by atoms with Crippen LogP contribution in [0.25, 0.3) is 0 Å². The third kappa shape index (κ3) is 8.21. The summed E-state index contributed by atoms with van der Waals surface area (Å²) in [6.07, 6.45) is 0. The smallest absolute Gasteiger partial charge is 0.339 e. The molecule has 0 unspecified atom stereocenters. The third-order valence-corrected chi connectivity index (χ3v) is 3.59. The fourth-order valence-corrected chi connectivity index (χ4v) is 2.06. The summed E-state index contributed by atoms with van der Waals surface area (Å²) in [6, 6.07) is 5.61. The number of ether oxygens (including phenoxy) is 2. The second kappa shape index (κ2) is 12.4. The summed E-state index contributed by atoms with van der Waals surface area (Å²) in [5.41, 5.74) is -1.69. The first-order chi connectivity index (χ1) is 15.0. The fourth-order valence-electron chi connectivity index (χ4n) is 2.06. The fraction of sp³-hybridized carbons (Fsp3) is 0.222. The van der Waals surface area contributed by atoms with Gasteiger partial charge in [-0.3, -0.25) is 20.2 Å². The Morgan fingerprint density at radius 1 is 0.719 bits per heavy atom. The molecule has 0 spiro atoms. The van der Waals surface area contributed by atoms with Crippen molar-refractivity contribution in [1.29, 1.82) is 0 Å². The molecule has 1 saturated heterocycles. The lowest BCUT2D eigenvalue weighted by molar-refractivity contribution is -0.385. The van der Waals surface area contributed by atoms with Gasteiger partial charge in [-0.05, 0) is 12.1 Å². The first-order valence-corrected chi connectivity index (χ1v) is 8.61. The van der Waals surface area contributed by atoms with Crippen molar-refractivity contribution in [1.82, 2.24) is 0 Å². The van der Waals surface area contributed by atoms with E-state index in [9.17, 15) is 29.8 Å². The van der Waals surface area contributed by atoms with Crippen LogP contribution in [-0.2, 0) is 9.47 Å². The molecule has 0 saturated carbocycles. The maximum absolute atomic E-state index is 10.4. The number of aromatic hydroxyl groups is 2. The van der Waals surface area contributed by atoms with Crippen molar-refractivity contribution in [3.8, 4) is 11.5 Å². The van der Waals surface area contributed by atoms with E-state index in [-0.39, 0.29) is 11.4 Å². The molecule has 172 valence electrons. The average Bonchev–Trinajstić information content (AvgIpc) is 2.75. The summed E-state index contributed by atoms with van der Waals surface area (Å²) >= 11 is 0. The molecule has 2 aromatic rings. The number of carboxylic acid groups (broad SMARTS) is 2. The minimum absolute atomic E-state index is 0.366. The van der Waals surface area contributed by atoms with E-state index in [4.69, 9.17) is 29.9 Å². The molecule has 14 heteroatoms. The van der Waals surface area contributed by atoms with Crippen LogP contribution in [0.4, 0.5) is 11.4 Å². The summed E-state index contributed by atoms with van der Waals surface area (Å²) in [7, 11) is 0. The van der Waals surface area contributed by atoms with Crippen LogP contribution in [0.1, 0.15) is 20.7 Å². The Hall–Kier alpha value is -4.30. The molecule has 3 rings (SSSR count). The van der Waals surface area contributed by atoms with Crippen LogP contribution in [0, 0.1) is 20.2 Å². The number of hydrogen-bond acceptors (Lipinski definition) is 10. The number of nitro benzene ring substituents is 2. The van der Waals surface area contributed by atoms with Crippen LogP contribution in [0.5, 0.6) is 11.5 Å². The molecule has 4 N–H and O–H groups in total. The van der Waals surface area contributed by atoms with Crippen LogP contribution in [-0.4, -0.2) is 68.6 Å². The highest BCUT2D eigenvalue weighted by molar-refractivity contribution is 5.92. The normalized spacial score (nSPS) is 12.2. The lowest BCUT2D eigenvalue weighted by Gasteiger charge is -2.09. The van der Waals surface area contributed by atoms with Gasteiger partial charge in [0.05, 0.1) is 36.3 Å². The molecule has 1 heterocycles. The Labute approximate surface area is 179 Å². The first-order valence-electron chi connectivity index (χ1n) is 8.61. The highest BCUT2D eigenvalue weighted by atomic mass is 16.6. The van der Waals surface area contributed by atoms with Crippen molar-refractivity contribution in [2.75, 3.05) is 26.4 Å². The van der Waals surface area contributed by atoms with Gasteiger partial charge in [-0.2, -0.15) is 0 Å². The molecule has 0 amide bonds. The molecule has 0 atom stereocenters. The number of nitro groups is 2. The lowest BCUT2D eigenvalue weighted by atomic mass is 10.2. The zero-order chi connectivity index (χ0) is 24.3. The van der Waals surface area contributed by atoms with Crippen molar-refractivity contribution in [3.63, 3.8) is 0 Å². The third-order valence-electron chi connectivity index (χ3n) is 3.59. The van der Waals surface area contributed by atoms with Crippen LogP contribution in [0.15, 0.2) is 36.4 Å². The van der Waals surface area contributed by atoms with Crippen LogP contribution in [0.2, 0.25) is 0 Å². The number of carbonyl (C=O) groups is 2. The zero-order valence-electron chi connectivity index (χ0n) is 16.2. The van der Waals surface area contributed by atoms with Crippen molar-refractivity contribution in [3.05, 3.63) is 67.8 Å². The summed E-state index contributed by atoms with van der Waals surface area (Å²) in [5.74, 6) is -3.78. The topological polar surface area (TPSA) is 220 Å². The SMILES string of the molecule is C1COCCO1.O=C(O)c1cc([N+](=O)[O-])ccc1O.O=C(O)c1cc([N+](=O)[O-])ccc1O. The summed E-state index contributed by atoms with van der Waals surface area (Å²) in [5, 5.41) is 55.4. The molecule has 0 radical (unpaired) electrons. The van der Waals surface area contributed by atoms with Crippen LogP contribution in [0.3, 0.4) is 0 Å². The lowest BCUT2D eigenvalue weighted by Crippen LogP contribution is -2.16. The summed E-state index contributed by atoms with van der Waals surface area (Å²) in [6.45, 7) is 3.11. The molecule has 0 aromatic heterocycles. The van der Waals surface area contributed by atoms with Gasteiger partial charge in [-0.15, -0.1) is 0 Å². The second-order valence-electron chi connectivity index (χ2n) is 5.75. The molecule has 1 aliphatic rings. The van der Waals surface area contributed by atoms with E-state index in [2.05, 4.69) is 0 Å². The monoisotopic (exact) mass is 454 g/mol. The van der Waals surface area contributed by atoms with E-state index in [0.717, 1.165) is 62.8 Å². The number of non-ortho nitro benzene ring substituents is 2. The predicted octanol–water partition coefficient (Wildman–Crippen LogP) is 2.03. The zero-order valence-corrected chi connectivity index (χ0v) is 16.2. The van der Waals surface area contributed by atoms with Gasteiger partial charge in [0, 0.05) is 24.3 Å². The van der Waals surface area contributed by atoms with Gasteiger partial charge >= 0.3 is 11.9 Å². The minimum Gasteiger partial charge on any atom is -0.507 e. The maximum atomic E-state index is 10.4. The van der Waals surface area contributed by atoms with E-state index in [1.807, 2.05) is 0 Å². The van der Waals surface area contributed by atoms with Crippen LogP contribution < -0.4 is 0 Å². The molecule has 0 bridgehead atoms. The number of nitrogens with zero attached hydrogens (tertiary/aromatic N) is 2. The second-order valence-corrected chi connectivity index (χ2v) is 5.75. The molecule has 0 aliphatic carbocycles. The largest absolute Gasteiger partial charge is 0.507 e. The van der Waals surface area contributed by atoms with Gasteiger partial charge in [0.1, 0.15) is 22.6 Å². The number of benzene rings is 2. The van der Waals surface area contributed by atoms with E-state index >= 15 is 0 Å². The number of rotatable bonds is 4. The van der Waals surface area contributed by atoms with E-state index in [1.54, 1.807) is 0 Å². The average molecular weight is 454 g/mol. The molecular weight excluding hydrogens is 436 g/mol. The number of carboxylic acids is 2. The molecule has 1 aliphatic heterocycles. The Morgan fingerprint density at radius 2 is 1.03 bits per heavy atom. The predicted molar refractivity (Wildman–Crippen MR) is 105 cm³/mol. The van der Waals surface area contributed by atoms with E-state index in [0.29, 0.717) is 0 Å². The molecule has 14 nitrogen and oxygen atoms in total. The van der Waals surface area contributed by atoms with E-state index in [1.165, 1.54) is 0 Å². The number of hydrogen-bond donors (Lipinski definition) is 4. The number of phenols is 2. The van der Waals surface area contributed by atoms with Gasteiger partial charge in [-0.25, -0.2) is 9.59 Å². The Balaban J connectivity index is 0.000000256. The summed E-state index contributed by atoms with van der Waals surface area (Å²) < 4.78 is 9.89. The molecule has 32 heavy (non-hydrogen) atoms. The van der Waals surface area contributed by atoms with Gasteiger partial charge in [0.25, 0.3) is 11.4 Å². The van der Waals surface area contributed by atoms with Crippen LogP contribution >= 0.6 is 0 Å². The summed E-state index contributed by atoms with van der Waals surface area (Å²) in [4.78, 5) is 39.8. The minimum atomic E-state index is -1.40. The van der Waals surface area contributed by atoms with Crippen molar-refractivity contribution in [2.24, 2.45) is 0 Å². The van der Waals surface area contributed by atoms with Crippen molar-refractivity contribution < 1.29 is 49.3 Å². The highest BCUT2D eigenvalue weighted by Crippen LogP contribution is 2.23. The Kier molecular flexibility index (Phi) is 9.98. The molecule has 2 aromatic carbocycles. The van der Waals surface area contributed by atoms with Gasteiger partial charge < -0.3 is 29.9 Å². The molecular formula is C18H18N2O12. The standard InChI is InChI=1S/2C7H5NO5.C4H8O2/c2*9-6-2-1-4(8(12)13)3-5(6)7(10)11;1-2-6-4-3-5-1/h2*1-3,9H,(H,10,11);1-4H2. The Morgan fingerprint density at radius 3 is 1.25 bits per heavy atom. The van der Waals surface area contributed by atoms with Crippen molar-refractivity contribution in [2.45, 2.75) is 0 Å².